The van der Waals surface area contributed by atoms with E-state index in [-0.39, 0.29) is 23.9 Å². The normalized spacial score (nSPS) is 14.2. The lowest BCUT2D eigenvalue weighted by Crippen LogP contribution is -2.40. The highest BCUT2D eigenvalue weighted by Crippen LogP contribution is 2.22. The smallest absolute Gasteiger partial charge is 0.258 e. The van der Waals surface area contributed by atoms with Gasteiger partial charge in [-0.2, -0.15) is 0 Å². The molecule has 0 radical (unpaired) electrons. The van der Waals surface area contributed by atoms with Gasteiger partial charge in [0.25, 0.3) is 11.8 Å². The Balaban J connectivity index is 0.00000300. The average Bonchev–Trinajstić information content (AvgIpc) is 2.70. The van der Waals surface area contributed by atoms with Crippen molar-refractivity contribution in [3.05, 3.63) is 65.0 Å². The molecule has 2 amide bonds. The van der Waals surface area contributed by atoms with Crippen LogP contribution < -0.4 is 10.6 Å². The first-order valence-corrected chi connectivity index (χ1v) is 9.60. The van der Waals surface area contributed by atoms with E-state index in [4.69, 9.17) is 0 Å². The Morgan fingerprint density at radius 3 is 2.48 bits per heavy atom. The van der Waals surface area contributed by atoms with E-state index >= 15 is 0 Å². The highest BCUT2D eigenvalue weighted by atomic mass is 35.5. The molecular weight excluding hydrogens is 393 g/mol. The number of likely N-dealkylation sites (tertiary alicyclic amines) is 1. The van der Waals surface area contributed by atoms with E-state index in [2.05, 4.69) is 10.6 Å². The number of amides is 2. The summed E-state index contributed by atoms with van der Waals surface area (Å²) in [6, 6.07) is 11.1. The van der Waals surface area contributed by atoms with Crippen molar-refractivity contribution >= 4 is 29.9 Å². The van der Waals surface area contributed by atoms with Gasteiger partial charge in [0.05, 0.1) is 5.56 Å². The van der Waals surface area contributed by atoms with Crippen LogP contribution in [0.15, 0.2) is 42.5 Å². The molecule has 2 aromatic carbocycles. The fourth-order valence-corrected chi connectivity index (χ4v) is 3.54. The van der Waals surface area contributed by atoms with Crippen molar-refractivity contribution in [2.75, 3.05) is 32.0 Å². The van der Waals surface area contributed by atoms with E-state index < -0.39 is 11.7 Å². The van der Waals surface area contributed by atoms with Crippen LogP contribution in [0.4, 0.5) is 10.1 Å². The van der Waals surface area contributed by atoms with Crippen LogP contribution in [0.5, 0.6) is 0 Å². The molecule has 5 nitrogen and oxygen atoms in total. The van der Waals surface area contributed by atoms with Crippen molar-refractivity contribution in [2.24, 2.45) is 5.92 Å². The fourth-order valence-electron chi connectivity index (χ4n) is 3.54. The van der Waals surface area contributed by atoms with Crippen molar-refractivity contribution in [3.8, 4) is 0 Å². The number of nitrogens with one attached hydrogen (secondary N) is 2. The largest absolute Gasteiger partial charge is 0.339 e. The van der Waals surface area contributed by atoms with Crippen LogP contribution in [0, 0.1) is 18.7 Å². The van der Waals surface area contributed by atoms with E-state index in [0.717, 1.165) is 38.0 Å². The third-order valence-corrected chi connectivity index (χ3v) is 5.25. The number of nitrogens with zero attached hydrogens (tertiary/aromatic N) is 1. The number of hydrogen-bond acceptors (Lipinski definition) is 3. The Hall–Kier alpha value is -2.44. The summed E-state index contributed by atoms with van der Waals surface area (Å²) < 4.78 is 13.9. The minimum Gasteiger partial charge on any atom is -0.339 e. The van der Waals surface area contributed by atoms with Gasteiger partial charge < -0.3 is 15.5 Å². The van der Waals surface area contributed by atoms with Crippen LogP contribution in [0.25, 0.3) is 0 Å². The summed E-state index contributed by atoms with van der Waals surface area (Å²) in [6.45, 7) is 4.28. The number of rotatable bonds is 5. The zero-order valence-corrected chi connectivity index (χ0v) is 17.5. The predicted octanol–water partition coefficient (Wildman–Crippen LogP) is 3.88. The van der Waals surface area contributed by atoms with E-state index in [1.807, 2.05) is 18.9 Å². The molecule has 0 spiro atoms. The first-order chi connectivity index (χ1) is 13.5. The van der Waals surface area contributed by atoms with Gasteiger partial charge in [-0.3, -0.25) is 9.59 Å². The van der Waals surface area contributed by atoms with Gasteiger partial charge in [0.15, 0.2) is 0 Å². The van der Waals surface area contributed by atoms with E-state index in [1.165, 1.54) is 18.2 Å². The van der Waals surface area contributed by atoms with Crippen molar-refractivity contribution in [1.29, 1.82) is 0 Å². The van der Waals surface area contributed by atoms with E-state index in [0.29, 0.717) is 17.2 Å². The SMILES string of the molecule is CNCC1CCN(C(=O)c2ccc(C)c(NC(=O)c3ccccc3F)c2)CC1.Cl. The summed E-state index contributed by atoms with van der Waals surface area (Å²) in [5.74, 6) is -0.542. The van der Waals surface area contributed by atoms with Crippen LogP contribution in [0.3, 0.4) is 0 Å². The Morgan fingerprint density at radius 2 is 1.83 bits per heavy atom. The van der Waals surface area contributed by atoms with Gasteiger partial charge >= 0.3 is 0 Å². The molecule has 156 valence electrons. The molecule has 1 saturated heterocycles. The maximum Gasteiger partial charge on any atom is 0.258 e. The molecule has 0 aromatic heterocycles. The predicted molar refractivity (Wildman–Crippen MR) is 115 cm³/mol. The van der Waals surface area contributed by atoms with Crippen LogP contribution >= 0.6 is 12.4 Å². The molecule has 3 rings (SSSR count). The topological polar surface area (TPSA) is 61.4 Å². The number of benzene rings is 2. The van der Waals surface area contributed by atoms with Gasteiger partial charge in [0, 0.05) is 24.3 Å². The maximum atomic E-state index is 13.9. The third kappa shape index (κ3) is 5.55. The highest BCUT2D eigenvalue weighted by molar-refractivity contribution is 6.05. The molecule has 1 heterocycles. The van der Waals surface area contributed by atoms with Crippen LogP contribution in [0.1, 0.15) is 39.1 Å². The Kier molecular flexibility index (Phi) is 8.17. The summed E-state index contributed by atoms with van der Waals surface area (Å²) >= 11 is 0. The van der Waals surface area contributed by atoms with Gasteiger partial charge in [-0.05, 0) is 69.1 Å². The van der Waals surface area contributed by atoms with Gasteiger partial charge in [0.1, 0.15) is 5.82 Å². The monoisotopic (exact) mass is 419 g/mol. The third-order valence-electron chi connectivity index (χ3n) is 5.25. The Labute approximate surface area is 177 Å². The summed E-state index contributed by atoms with van der Waals surface area (Å²) in [5, 5.41) is 5.92. The lowest BCUT2D eigenvalue weighted by atomic mass is 9.96. The Bertz CT molecular complexity index is 867. The number of halogens is 2. The van der Waals surface area contributed by atoms with Crippen molar-refractivity contribution in [1.82, 2.24) is 10.2 Å². The summed E-state index contributed by atoms with van der Waals surface area (Å²) in [7, 11) is 1.95. The number of aryl methyl sites for hydroxylation is 1. The van der Waals surface area contributed by atoms with Crippen molar-refractivity contribution in [2.45, 2.75) is 19.8 Å². The fraction of sp³-hybridized carbons (Fsp3) is 0.364. The average molecular weight is 420 g/mol. The van der Waals surface area contributed by atoms with Crippen LogP contribution in [-0.4, -0.2) is 43.4 Å². The number of piperidine rings is 1. The molecule has 7 heteroatoms. The molecule has 0 aliphatic carbocycles. The zero-order valence-electron chi connectivity index (χ0n) is 16.7. The standard InChI is InChI=1S/C22H26FN3O2.ClH/c1-15-7-8-17(22(28)26-11-9-16(10-12-26)14-24-2)13-20(15)25-21(27)18-5-3-4-6-19(18)23;/h3-8,13,16,24H,9-12,14H2,1-2H3,(H,25,27);1H. The second-order valence-electron chi connectivity index (χ2n) is 7.26. The van der Waals surface area contributed by atoms with Gasteiger partial charge in [0.2, 0.25) is 0 Å². The van der Waals surface area contributed by atoms with Gasteiger partial charge in [-0.25, -0.2) is 4.39 Å². The summed E-state index contributed by atoms with van der Waals surface area (Å²) in [4.78, 5) is 27.2. The minimum atomic E-state index is -0.575. The summed E-state index contributed by atoms with van der Waals surface area (Å²) in [6.07, 6.45) is 1.96. The zero-order chi connectivity index (χ0) is 20.1. The lowest BCUT2D eigenvalue weighted by molar-refractivity contribution is 0.0690. The molecular formula is C22H27ClFN3O2. The van der Waals surface area contributed by atoms with E-state index in [1.54, 1.807) is 24.3 Å². The van der Waals surface area contributed by atoms with Gasteiger partial charge in [-0.1, -0.05) is 18.2 Å². The molecule has 2 aromatic rings. The Morgan fingerprint density at radius 1 is 1.14 bits per heavy atom. The summed E-state index contributed by atoms with van der Waals surface area (Å²) in [5.41, 5.74) is 1.84. The van der Waals surface area contributed by atoms with E-state index in [9.17, 15) is 14.0 Å². The van der Waals surface area contributed by atoms with Crippen molar-refractivity contribution < 1.29 is 14.0 Å². The maximum absolute atomic E-state index is 13.9. The molecule has 0 bridgehead atoms. The molecule has 1 fully saturated rings. The lowest BCUT2D eigenvalue weighted by Gasteiger charge is -2.32. The van der Waals surface area contributed by atoms with Crippen LogP contribution in [0.2, 0.25) is 0 Å². The molecule has 1 aliphatic rings. The number of carbonyl (C=O) groups excluding carboxylic acids is 2. The molecule has 0 atom stereocenters. The van der Waals surface area contributed by atoms with Crippen molar-refractivity contribution in [3.63, 3.8) is 0 Å². The second-order valence-corrected chi connectivity index (χ2v) is 7.26. The molecule has 0 saturated carbocycles. The molecule has 1 aliphatic heterocycles. The number of carbonyl (C=O) groups is 2. The second kappa shape index (κ2) is 10.4. The quantitative estimate of drug-likeness (QED) is 0.773. The number of hydrogen-bond donors (Lipinski definition) is 2. The first-order valence-electron chi connectivity index (χ1n) is 9.60. The minimum absolute atomic E-state index is 0. The van der Waals surface area contributed by atoms with Crippen LogP contribution in [-0.2, 0) is 0 Å². The molecule has 29 heavy (non-hydrogen) atoms. The molecule has 2 N–H and O–H groups in total. The van der Waals surface area contributed by atoms with Gasteiger partial charge in [-0.15, -0.1) is 12.4 Å². The number of anilines is 1. The highest BCUT2D eigenvalue weighted by Gasteiger charge is 2.24. The molecule has 0 unspecified atom stereocenters. The first kappa shape index (κ1) is 22.8.